The number of hydrogen-bond donors (Lipinski definition) is 1. The van der Waals surface area contributed by atoms with E-state index < -0.39 is 17.5 Å². The Kier molecular flexibility index (Phi) is 5.08. The highest BCUT2D eigenvalue weighted by molar-refractivity contribution is 5.94. The first kappa shape index (κ1) is 16.8. The van der Waals surface area contributed by atoms with E-state index in [1.807, 2.05) is 0 Å². The summed E-state index contributed by atoms with van der Waals surface area (Å²) in [6, 6.07) is 2.94. The molecule has 7 heteroatoms. The van der Waals surface area contributed by atoms with E-state index in [1.54, 1.807) is 4.90 Å². The molecular formula is C17H21F2N3O2. The van der Waals surface area contributed by atoms with E-state index in [0.29, 0.717) is 38.8 Å². The van der Waals surface area contributed by atoms with Crippen LogP contribution in [0.2, 0.25) is 0 Å². The molecule has 2 fully saturated rings. The van der Waals surface area contributed by atoms with Gasteiger partial charge < -0.3 is 15.1 Å². The van der Waals surface area contributed by atoms with Crippen LogP contribution >= 0.6 is 0 Å². The first-order valence-corrected chi connectivity index (χ1v) is 8.27. The summed E-state index contributed by atoms with van der Waals surface area (Å²) in [5, 5.41) is 3.16. The molecule has 1 aliphatic heterocycles. The second-order valence-corrected chi connectivity index (χ2v) is 6.37. The highest BCUT2D eigenvalue weighted by atomic mass is 19.1. The highest BCUT2D eigenvalue weighted by Gasteiger charge is 2.27. The molecule has 2 aliphatic rings. The second-order valence-electron chi connectivity index (χ2n) is 6.37. The standard InChI is InChI=1S/C17H21F2N3O2/c18-13-3-4-14(15(19)9-13)17(24)22-7-5-21(6-8-22)16(23)11-20-10-12-1-2-12/h3-4,9,12,20H,1-2,5-8,10-11H2. The molecule has 0 atom stereocenters. The number of benzene rings is 1. The number of piperazine rings is 1. The Morgan fingerprint density at radius 1 is 1.08 bits per heavy atom. The summed E-state index contributed by atoms with van der Waals surface area (Å²) in [7, 11) is 0. The number of halogens is 2. The molecule has 1 aromatic carbocycles. The van der Waals surface area contributed by atoms with Crippen molar-refractivity contribution in [2.75, 3.05) is 39.3 Å². The lowest BCUT2D eigenvalue weighted by atomic mass is 10.1. The molecule has 3 rings (SSSR count). The fourth-order valence-electron chi connectivity index (χ4n) is 2.81. The smallest absolute Gasteiger partial charge is 0.256 e. The number of amides is 2. The van der Waals surface area contributed by atoms with Gasteiger partial charge in [-0.25, -0.2) is 8.78 Å². The third-order valence-electron chi connectivity index (χ3n) is 4.49. The Bertz CT molecular complexity index is 626. The van der Waals surface area contributed by atoms with Crippen LogP contribution in [0.1, 0.15) is 23.2 Å². The van der Waals surface area contributed by atoms with E-state index in [9.17, 15) is 18.4 Å². The maximum absolute atomic E-state index is 13.7. The minimum atomic E-state index is -0.859. The van der Waals surface area contributed by atoms with E-state index in [1.165, 1.54) is 17.7 Å². The molecule has 1 heterocycles. The highest BCUT2D eigenvalue weighted by Crippen LogP contribution is 2.27. The van der Waals surface area contributed by atoms with Crippen LogP contribution in [-0.2, 0) is 4.79 Å². The largest absolute Gasteiger partial charge is 0.338 e. The van der Waals surface area contributed by atoms with Gasteiger partial charge in [0.15, 0.2) is 0 Å². The summed E-state index contributed by atoms with van der Waals surface area (Å²) in [4.78, 5) is 27.6. The lowest BCUT2D eigenvalue weighted by Gasteiger charge is -2.35. The summed E-state index contributed by atoms with van der Waals surface area (Å²) >= 11 is 0. The van der Waals surface area contributed by atoms with E-state index in [4.69, 9.17) is 0 Å². The maximum atomic E-state index is 13.7. The van der Waals surface area contributed by atoms with Crippen molar-refractivity contribution in [1.82, 2.24) is 15.1 Å². The topological polar surface area (TPSA) is 52.7 Å². The molecule has 24 heavy (non-hydrogen) atoms. The van der Waals surface area contributed by atoms with Gasteiger partial charge in [0.05, 0.1) is 12.1 Å². The van der Waals surface area contributed by atoms with Crippen LogP contribution < -0.4 is 5.32 Å². The third kappa shape index (κ3) is 4.08. The molecule has 2 amide bonds. The van der Waals surface area contributed by atoms with Crippen molar-refractivity contribution in [3.05, 3.63) is 35.4 Å². The van der Waals surface area contributed by atoms with Crippen molar-refractivity contribution < 1.29 is 18.4 Å². The van der Waals surface area contributed by atoms with Gasteiger partial charge in [-0.15, -0.1) is 0 Å². The Labute approximate surface area is 139 Å². The minimum absolute atomic E-state index is 0.0238. The molecule has 0 aromatic heterocycles. The zero-order valence-corrected chi connectivity index (χ0v) is 13.4. The monoisotopic (exact) mass is 337 g/mol. The summed E-state index contributed by atoms with van der Waals surface area (Å²) in [5.41, 5.74) is -0.137. The van der Waals surface area contributed by atoms with Crippen molar-refractivity contribution in [3.8, 4) is 0 Å². The second kappa shape index (κ2) is 7.25. The van der Waals surface area contributed by atoms with Crippen LogP contribution in [0.25, 0.3) is 0 Å². The van der Waals surface area contributed by atoms with Gasteiger partial charge in [0.25, 0.3) is 5.91 Å². The van der Waals surface area contributed by atoms with Gasteiger partial charge in [-0.1, -0.05) is 0 Å². The molecule has 0 radical (unpaired) electrons. The Balaban J connectivity index is 1.48. The van der Waals surface area contributed by atoms with Gasteiger partial charge in [-0.2, -0.15) is 0 Å². The zero-order valence-electron chi connectivity index (χ0n) is 13.4. The summed E-state index contributed by atoms with van der Waals surface area (Å²) < 4.78 is 26.6. The molecule has 1 saturated carbocycles. The quantitative estimate of drug-likeness (QED) is 0.880. The number of nitrogens with one attached hydrogen (secondary N) is 1. The van der Waals surface area contributed by atoms with E-state index in [2.05, 4.69) is 5.32 Å². The number of hydrogen-bond acceptors (Lipinski definition) is 3. The molecule has 0 spiro atoms. The van der Waals surface area contributed by atoms with Crippen LogP contribution in [0.15, 0.2) is 18.2 Å². The fourth-order valence-corrected chi connectivity index (χ4v) is 2.81. The van der Waals surface area contributed by atoms with Crippen molar-refractivity contribution in [1.29, 1.82) is 0 Å². The van der Waals surface area contributed by atoms with Crippen LogP contribution in [0, 0.1) is 17.6 Å². The first-order chi connectivity index (χ1) is 11.5. The Morgan fingerprint density at radius 2 is 1.75 bits per heavy atom. The molecule has 0 bridgehead atoms. The summed E-state index contributed by atoms with van der Waals surface area (Å²) in [6.07, 6.45) is 2.48. The fraction of sp³-hybridized carbons (Fsp3) is 0.529. The van der Waals surface area contributed by atoms with E-state index in [-0.39, 0.29) is 11.5 Å². The minimum Gasteiger partial charge on any atom is -0.338 e. The van der Waals surface area contributed by atoms with Gasteiger partial charge >= 0.3 is 0 Å². The van der Waals surface area contributed by atoms with Crippen LogP contribution in [0.3, 0.4) is 0 Å². The first-order valence-electron chi connectivity index (χ1n) is 8.27. The SMILES string of the molecule is O=C(CNCC1CC1)N1CCN(C(=O)c2ccc(F)cc2F)CC1. The van der Waals surface area contributed by atoms with E-state index in [0.717, 1.165) is 24.6 Å². The van der Waals surface area contributed by atoms with Crippen molar-refractivity contribution in [2.24, 2.45) is 5.92 Å². The Hall–Kier alpha value is -2.02. The molecule has 1 N–H and O–H groups in total. The lowest BCUT2D eigenvalue weighted by molar-refractivity contribution is -0.131. The normalized spacial score (nSPS) is 17.9. The van der Waals surface area contributed by atoms with Crippen molar-refractivity contribution in [2.45, 2.75) is 12.8 Å². The van der Waals surface area contributed by atoms with Gasteiger partial charge in [0.2, 0.25) is 5.91 Å². The predicted octanol–water partition coefficient (Wildman–Crippen LogP) is 1.25. The van der Waals surface area contributed by atoms with Gasteiger partial charge in [-0.05, 0) is 37.4 Å². The number of nitrogens with zero attached hydrogens (tertiary/aromatic N) is 2. The van der Waals surface area contributed by atoms with Crippen LogP contribution in [0.5, 0.6) is 0 Å². The summed E-state index contributed by atoms with van der Waals surface area (Å²) in [5.74, 6) is -1.29. The molecular weight excluding hydrogens is 316 g/mol. The molecule has 1 saturated heterocycles. The predicted molar refractivity (Wildman–Crippen MR) is 84.4 cm³/mol. The molecule has 1 aliphatic carbocycles. The number of rotatable bonds is 5. The Morgan fingerprint density at radius 3 is 2.38 bits per heavy atom. The maximum Gasteiger partial charge on any atom is 0.256 e. The molecule has 5 nitrogen and oxygen atoms in total. The van der Waals surface area contributed by atoms with Crippen molar-refractivity contribution >= 4 is 11.8 Å². The average molecular weight is 337 g/mol. The molecule has 0 unspecified atom stereocenters. The van der Waals surface area contributed by atoms with Gasteiger partial charge in [-0.3, -0.25) is 9.59 Å². The number of carbonyl (C=O) groups is 2. The zero-order chi connectivity index (χ0) is 17.1. The van der Waals surface area contributed by atoms with Crippen LogP contribution in [-0.4, -0.2) is 60.9 Å². The third-order valence-corrected chi connectivity index (χ3v) is 4.49. The molecule has 1 aromatic rings. The average Bonchev–Trinajstić information content (AvgIpc) is 3.39. The van der Waals surface area contributed by atoms with Crippen LogP contribution in [0.4, 0.5) is 8.78 Å². The van der Waals surface area contributed by atoms with Gasteiger partial charge in [0, 0.05) is 32.2 Å². The molecule has 130 valence electrons. The lowest BCUT2D eigenvalue weighted by Crippen LogP contribution is -2.52. The van der Waals surface area contributed by atoms with E-state index >= 15 is 0 Å². The summed E-state index contributed by atoms with van der Waals surface area (Å²) in [6.45, 7) is 2.76. The van der Waals surface area contributed by atoms with Gasteiger partial charge in [0.1, 0.15) is 11.6 Å². The number of carbonyl (C=O) groups excluding carboxylic acids is 2. The van der Waals surface area contributed by atoms with Crippen molar-refractivity contribution in [3.63, 3.8) is 0 Å².